The van der Waals surface area contributed by atoms with Crippen LogP contribution in [0.4, 0.5) is 0 Å². The molecule has 0 spiro atoms. The predicted molar refractivity (Wildman–Crippen MR) is 57.5 cm³/mol. The molecule has 0 radical (unpaired) electrons. The van der Waals surface area contributed by atoms with Crippen molar-refractivity contribution in [2.24, 2.45) is 12.8 Å². The molecule has 0 saturated carbocycles. The van der Waals surface area contributed by atoms with Gasteiger partial charge >= 0.3 is 0 Å². The number of nitrogens with two attached hydrogens (primary N) is 1. The van der Waals surface area contributed by atoms with Crippen molar-refractivity contribution in [3.63, 3.8) is 0 Å². The van der Waals surface area contributed by atoms with E-state index in [2.05, 4.69) is 15.0 Å². The predicted octanol–water partition coefficient (Wildman–Crippen LogP) is 0.284. The van der Waals surface area contributed by atoms with Crippen LogP contribution in [0.1, 0.15) is 16.3 Å². The molecular formula is C10H11N5O. The number of carbonyl (C=O) groups excluding carboxylic acids is 1. The van der Waals surface area contributed by atoms with Crippen LogP contribution in [0.25, 0.3) is 11.4 Å². The van der Waals surface area contributed by atoms with Crippen molar-refractivity contribution in [1.82, 2.24) is 19.5 Å². The van der Waals surface area contributed by atoms with E-state index < -0.39 is 5.91 Å². The lowest BCUT2D eigenvalue weighted by Gasteiger charge is -2.04. The van der Waals surface area contributed by atoms with E-state index in [-0.39, 0.29) is 5.82 Å². The summed E-state index contributed by atoms with van der Waals surface area (Å²) < 4.78 is 1.81. The monoisotopic (exact) mass is 217 g/mol. The minimum absolute atomic E-state index is 0.0243. The first-order valence-electron chi connectivity index (χ1n) is 4.70. The van der Waals surface area contributed by atoms with Crippen LogP contribution >= 0.6 is 0 Å². The van der Waals surface area contributed by atoms with Crippen LogP contribution < -0.4 is 5.73 Å². The van der Waals surface area contributed by atoms with Crippen LogP contribution in [-0.4, -0.2) is 25.4 Å². The summed E-state index contributed by atoms with van der Waals surface area (Å²) in [4.78, 5) is 23.1. The Labute approximate surface area is 92.2 Å². The molecular weight excluding hydrogens is 206 g/mol. The van der Waals surface area contributed by atoms with Gasteiger partial charge in [0.1, 0.15) is 0 Å². The van der Waals surface area contributed by atoms with Crippen molar-refractivity contribution in [3.8, 4) is 11.4 Å². The summed E-state index contributed by atoms with van der Waals surface area (Å²) in [7, 11) is 1.85. The molecule has 16 heavy (non-hydrogen) atoms. The van der Waals surface area contributed by atoms with Gasteiger partial charge in [0.05, 0.1) is 23.9 Å². The zero-order valence-electron chi connectivity index (χ0n) is 9.01. The molecule has 82 valence electrons. The van der Waals surface area contributed by atoms with E-state index in [4.69, 9.17) is 5.73 Å². The Hall–Kier alpha value is -2.24. The Balaban J connectivity index is 2.58. The third-order valence-electron chi connectivity index (χ3n) is 2.15. The Morgan fingerprint density at radius 3 is 2.75 bits per heavy atom. The number of aryl methyl sites for hydroxylation is 2. The maximum Gasteiger partial charge on any atom is 0.286 e. The molecule has 6 heteroatoms. The van der Waals surface area contributed by atoms with Crippen LogP contribution in [0.5, 0.6) is 0 Å². The first-order chi connectivity index (χ1) is 7.58. The summed E-state index contributed by atoms with van der Waals surface area (Å²) in [5, 5.41) is 0. The maximum atomic E-state index is 11.0. The van der Waals surface area contributed by atoms with E-state index >= 15 is 0 Å². The lowest BCUT2D eigenvalue weighted by atomic mass is 10.2. The molecule has 2 aromatic heterocycles. The number of hydrogen-bond donors (Lipinski definition) is 1. The molecule has 0 aliphatic rings. The summed E-state index contributed by atoms with van der Waals surface area (Å²) in [5.74, 6) is -0.608. The third-order valence-corrected chi connectivity index (χ3v) is 2.15. The fraction of sp³-hybridized carbons (Fsp3) is 0.200. The van der Waals surface area contributed by atoms with Gasteiger partial charge in [0.15, 0.2) is 0 Å². The van der Waals surface area contributed by atoms with E-state index in [1.54, 1.807) is 25.5 Å². The minimum Gasteiger partial charge on any atom is -0.363 e. The molecule has 2 N–H and O–H groups in total. The largest absolute Gasteiger partial charge is 0.363 e. The molecule has 6 nitrogen and oxygen atoms in total. The normalized spacial score (nSPS) is 10.4. The van der Waals surface area contributed by atoms with Gasteiger partial charge in [-0.15, -0.1) is 0 Å². The Morgan fingerprint density at radius 2 is 2.19 bits per heavy atom. The molecule has 2 aromatic rings. The van der Waals surface area contributed by atoms with Crippen LogP contribution in [-0.2, 0) is 7.05 Å². The summed E-state index contributed by atoms with van der Waals surface area (Å²) in [6.45, 7) is 1.79. The summed E-state index contributed by atoms with van der Waals surface area (Å²) in [6.07, 6.45) is 3.34. The molecule has 0 aromatic carbocycles. The Morgan fingerprint density at radius 1 is 1.44 bits per heavy atom. The average Bonchev–Trinajstić information content (AvgIpc) is 2.63. The van der Waals surface area contributed by atoms with E-state index in [0.29, 0.717) is 11.4 Å². The number of amides is 1. The van der Waals surface area contributed by atoms with Crippen molar-refractivity contribution >= 4 is 5.91 Å². The van der Waals surface area contributed by atoms with Crippen LogP contribution in [0.3, 0.4) is 0 Å². The smallest absolute Gasteiger partial charge is 0.286 e. The van der Waals surface area contributed by atoms with Gasteiger partial charge in [-0.05, 0) is 13.0 Å². The van der Waals surface area contributed by atoms with Gasteiger partial charge in [-0.25, -0.2) is 15.0 Å². The number of primary amides is 1. The van der Waals surface area contributed by atoms with Gasteiger partial charge in [0.25, 0.3) is 5.91 Å². The van der Waals surface area contributed by atoms with Crippen LogP contribution in [0, 0.1) is 6.92 Å². The van der Waals surface area contributed by atoms with Gasteiger partial charge < -0.3 is 10.3 Å². The second-order valence-corrected chi connectivity index (χ2v) is 3.47. The summed E-state index contributed by atoms with van der Waals surface area (Å²) in [5.41, 5.74) is 7.30. The zero-order valence-corrected chi connectivity index (χ0v) is 9.01. The summed E-state index contributed by atoms with van der Waals surface area (Å²) >= 11 is 0. The van der Waals surface area contributed by atoms with Gasteiger partial charge in [-0.2, -0.15) is 0 Å². The van der Waals surface area contributed by atoms with E-state index in [1.165, 1.54) is 0 Å². The minimum atomic E-state index is -0.632. The first kappa shape index (κ1) is 10.3. The average molecular weight is 217 g/mol. The highest BCUT2D eigenvalue weighted by Crippen LogP contribution is 2.16. The van der Waals surface area contributed by atoms with E-state index in [0.717, 1.165) is 5.69 Å². The number of rotatable bonds is 2. The molecule has 0 aliphatic carbocycles. The molecule has 0 bridgehead atoms. The van der Waals surface area contributed by atoms with Gasteiger partial charge in [-0.1, -0.05) is 0 Å². The van der Waals surface area contributed by atoms with Crippen LogP contribution in [0.2, 0.25) is 0 Å². The fourth-order valence-corrected chi connectivity index (χ4v) is 1.41. The SMILES string of the molecule is Cc1cc(-c2cncn2C)nc(C(N)=O)n1. The first-order valence-corrected chi connectivity index (χ1v) is 4.70. The Bertz CT molecular complexity index is 546. The van der Waals surface area contributed by atoms with E-state index in [9.17, 15) is 4.79 Å². The number of aromatic nitrogens is 4. The lowest BCUT2D eigenvalue weighted by Crippen LogP contribution is -2.16. The molecule has 0 saturated heterocycles. The van der Waals surface area contributed by atoms with Crippen molar-refractivity contribution in [3.05, 3.63) is 30.1 Å². The third kappa shape index (κ3) is 1.77. The van der Waals surface area contributed by atoms with Crippen LogP contribution in [0.15, 0.2) is 18.6 Å². The number of carbonyl (C=O) groups is 1. The van der Waals surface area contributed by atoms with Gasteiger partial charge in [0.2, 0.25) is 5.82 Å². The van der Waals surface area contributed by atoms with Crippen molar-refractivity contribution in [1.29, 1.82) is 0 Å². The summed E-state index contributed by atoms with van der Waals surface area (Å²) in [6, 6.07) is 1.78. The van der Waals surface area contributed by atoms with Gasteiger partial charge in [-0.3, -0.25) is 4.79 Å². The highest BCUT2D eigenvalue weighted by atomic mass is 16.1. The standard InChI is InChI=1S/C10H11N5O/c1-6-3-7(8-4-12-5-15(8)2)14-10(13-6)9(11)16/h3-5H,1-2H3,(H2,11,16). The molecule has 1 amide bonds. The van der Waals surface area contributed by atoms with Crippen molar-refractivity contribution in [2.45, 2.75) is 6.92 Å². The fourth-order valence-electron chi connectivity index (χ4n) is 1.41. The highest BCUT2D eigenvalue weighted by molar-refractivity contribution is 5.89. The molecule has 0 unspecified atom stereocenters. The number of hydrogen-bond acceptors (Lipinski definition) is 4. The van der Waals surface area contributed by atoms with Crippen molar-refractivity contribution < 1.29 is 4.79 Å². The quantitative estimate of drug-likeness (QED) is 0.782. The lowest BCUT2D eigenvalue weighted by molar-refractivity contribution is 0.0990. The van der Waals surface area contributed by atoms with Gasteiger partial charge in [0, 0.05) is 12.7 Å². The highest BCUT2D eigenvalue weighted by Gasteiger charge is 2.10. The zero-order chi connectivity index (χ0) is 11.7. The molecule has 2 heterocycles. The molecule has 0 fully saturated rings. The van der Waals surface area contributed by atoms with Crippen molar-refractivity contribution in [2.75, 3.05) is 0 Å². The molecule has 0 aliphatic heterocycles. The second kappa shape index (κ2) is 3.73. The molecule has 0 atom stereocenters. The second-order valence-electron chi connectivity index (χ2n) is 3.47. The molecule has 2 rings (SSSR count). The van der Waals surface area contributed by atoms with E-state index in [1.807, 2.05) is 11.6 Å². The number of nitrogens with zero attached hydrogens (tertiary/aromatic N) is 4. The maximum absolute atomic E-state index is 11.0. The Kier molecular flexibility index (Phi) is 2.40. The topological polar surface area (TPSA) is 86.7 Å². The number of imidazole rings is 1.